The third kappa shape index (κ3) is 4.29. The molecule has 2 atom stereocenters. The summed E-state index contributed by atoms with van der Waals surface area (Å²) in [4.78, 5) is 11.0. The molecule has 0 amide bonds. The second kappa shape index (κ2) is 7.88. The number of hydrogen-bond acceptors (Lipinski definition) is 5. The van der Waals surface area contributed by atoms with Gasteiger partial charge in [-0.3, -0.25) is 0 Å². The van der Waals surface area contributed by atoms with Gasteiger partial charge in [-0.05, 0) is 44.6 Å². The van der Waals surface area contributed by atoms with Crippen LogP contribution in [0.3, 0.4) is 0 Å². The van der Waals surface area contributed by atoms with Crippen LogP contribution >= 0.6 is 0 Å². The number of aromatic nitrogens is 3. The van der Waals surface area contributed by atoms with Crippen LogP contribution in [0.15, 0.2) is 6.20 Å². The van der Waals surface area contributed by atoms with Crippen molar-refractivity contribution in [3.05, 3.63) is 11.9 Å². The standard InChI is InChI=1S/C16H26N4O3/c21-16(22)14-11-20(19-18-14)15-4-2-1-3-13(15)17-8-5-12-6-9-23-10-7-12/h11-13,15,17H,1-10H2,(H,21,22)/t13-,15+/m0/s1. The van der Waals surface area contributed by atoms with E-state index in [2.05, 4.69) is 15.6 Å². The molecular weight excluding hydrogens is 296 g/mol. The SMILES string of the molecule is O=C(O)c1cn([C@@H]2CCCC[C@@H]2NCCC2CCOCC2)nn1. The Balaban J connectivity index is 1.54. The monoisotopic (exact) mass is 322 g/mol. The second-order valence-corrected chi connectivity index (χ2v) is 6.65. The number of ether oxygens (including phenoxy) is 1. The molecule has 1 aliphatic heterocycles. The summed E-state index contributed by atoms with van der Waals surface area (Å²) in [5, 5.41) is 20.5. The van der Waals surface area contributed by atoms with Gasteiger partial charge in [0.1, 0.15) is 0 Å². The van der Waals surface area contributed by atoms with Crippen molar-refractivity contribution in [3.63, 3.8) is 0 Å². The number of aromatic carboxylic acids is 1. The van der Waals surface area contributed by atoms with Gasteiger partial charge in [0.05, 0.1) is 12.2 Å². The minimum absolute atomic E-state index is 0.0246. The van der Waals surface area contributed by atoms with Gasteiger partial charge in [-0.1, -0.05) is 18.1 Å². The molecule has 0 bridgehead atoms. The van der Waals surface area contributed by atoms with E-state index in [4.69, 9.17) is 9.84 Å². The fourth-order valence-corrected chi connectivity index (χ4v) is 3.71. The van der Waals surface area contributed by atoms with E-state index in [-0.39, 0.29) is 11.7 Å². The lowest BCUT2D eigenvalue weighted by molar-refractivity contribution is 0.0633. The molecule has 128 valence electrons. The average Bonchev–Trinajstić information content (AvgIpc) is 3.06. The predicted octanol–water partition coefficient (Wildman–Crippen LogP) is 1.87. The molecule has 2 N–H and O–H groups in total. The Morgan fingerprint density at radius 1 is 1.30 bits per heavy atom. The van der Waals surface area contributed by atoms with Gasteiger partial charge in [-0.2, -0.15) is 0 Å². The maximum Gasteiger partial charge on any atom is 0.358 e. The number of rotatable bonds is 6. The summed E-state index contributed by atoms with van der Waals surface area (Å²) in [5.41, 5.74) is 0.0246. The molecule has 0 spiro atoms. The molecule has 3 rings (SSSR count). The molecule has 0 aromatic carbocycles. The molecule has 2 aliphatic rings. The van der Waals surface area contributed by atoms with Crippen LogP contribution in [0.25, 0.3) is 0 Å². The van der Waals surface area contributed by atoms with Crippen molar-refractivity contribution in [2.45, 2.75) is 57.0 Å². The maximum atomic E-state index is 11.0. The predicted molar refractivity (Wildman–Crippen MR) is 84.4 cm³/mol. The molecule has 0 unspecified atom stereocenters. The summed E-state index contributed by atoms with van der Waals surface area (Å²) in [7, 11) is 0. The van der Waals surface area contributed by atoms with Crippen LogP contribution in [0.1, 0.15) is 61.5 Å². The second-order valence-electron chi connectivity index (χ2n) is 6.65. The first kappa shape index (κ1) is 16.4. The van der Waals surface area contributed by atoms with Crippen LogP contribution in [0.2, 0.25) is 0 Å². The minimum Gasteiger partial charge on any atom is -0.476 e. The zero-order valence-corrected chi connectivity index (χ0v) is 13.5. The van der Waals surface area contributed by atoms with Crippen molar-refractivity contribution in [2.75, 3.05) is 19.8 Å². The number of nitrogens with one attached hydrogen (secondary N) is 1. The van der Waals surface area contributed by atoms with Crippen LogP contribution in [-0.2, 0) is 4.74 Å². The van der Waals surface area contributed by atoms with E-state index in [0.717, 1.165) is 44.9 Å². The van der Waals surface area contributed by atoms with Gasteiger partial charge in [0.2, 0.25) is 0 Å². The van der Waals surface area contributed by atoms with E-state index in [1.54, 1.807) is 10.9 Å². The Morgan fingerprint density at radius 2 is 2.09 bits per heavy atom. The molecule has 0 radical (unpaired) electrons. The summed E-state index contributed by atoms with van der Waals surface area (Å²) in [6.45, 7) is 2.80. The highest BCUT2D eigenvalue weighted by atomic mass is 16.5. The van der Waals surface area contributed by atoms with Crippen LogP contribution < -0.4 is 5.32 Å². The molecule has 2 heterocycles. The van der Waals surface area contributed by atoms with Gasteiger partial charge in [-0.15, -0.1) is 5.10 Å². The van der Waals surface area contributed by atoms with E-state index >= 15 is 0 Å². The summed E-state index contributed by atoms with van der Waals surface area (Å²) >= 11 is 0. The highest BCUT2D eigenvalue weighted by Crippen LogP contribution is 2.28. The van der Waals surface area contributed by atoms with Crippen molar-refractivity contribution < 1.29 is 14.6 Å². The van der Waals surface area contributed by atoms with Crippen LogP contribution in [0.5, 0.6) is 0 Å². The van der Waals surface area contributed by atoms with E-state index < -0.39 is 5.97 Å². The number of hydrogen-bond donors (Lipinski definition) is 2. The van der Waals surface area contributed by atoms with Crippen molar-refractivity contribution in [3.8, 4) is 0 Å². The maximum absolute atomic E-state index is 11.0. The van der Waals surface area contributed by atoms with Gasteiger partial charge in [0.15, 0.2) is 5.69 Å². The van der Waals surface area contributed by atoms with Crippen molar-refractivity contribution in [2.24, 2.45) is 5.92 Å². The molecule has 23 heavy (non-hydrogen) atoms. The lowest BCUT2D eigenvalue weighted by atomic mass is 9.89. The molecule has 1 aromatic rings. The molecule has 1 aliphatic carbocycles. The number of nitrogens with zero attached hydrogens (tertiary/aromatic N) is 3. The first-order chi connectivity index (χ1) is 11.2. The third-order valence-electron chi connectivity index (χ3n) is 5.10. The van der Waals surface area contributed by atoms with Crippen LogP contribution in [-0.4, -0.2) is 51.9 Å². The van der Waals surface area contributed by atoms with Gasteiger partial charge >= 0.3 is 5.97 Å². The summed E-state index contributed by atoms with van der Waals surface area (Å²) in [5.74, 6) is -0.251. The first-order valence-corrected chi connectivity index (χ1v) is 8.70. The molecule has 1 saturated carbocycles. The van der Waals surface area contributed by atoms with Crippen LogP contribution in [0.4, 0.5) is 0 Å². The van der Waals surface area contributed by atoms with Crippen molar-refractivity contribution >= 4 is 5.97 Å². The third-order valence-corrected chi connectivity index (χ3v) is 5.10. The Morgan fingerprint density at radius 3 is 2.83 bits per heavy atom. The largest absolute Gasteiger partial charge is 0.476 e. The van der Waals surface area contributed by atoms with Crippen LogP contribution in [0, 0.1) is 5.92 Å². The fourth-order valence-electron chi connectivity index (χ4n) is 3.71. The number of carbonyl (C=O) groups is 1. The summed E-state index contributed by atoms with van der Waals surface area (Å²) < 4.78 is 7.15. The van der Waals surface area contributed by atoms with E-state index in [1.807, 2.05) is 0 Å². The van der Waals surface area contributed by atoms with E-state index in [0.29, 0.717) is 6.04 Å². The van der Waals surface area contributed by atoms with Crippen molar-refractivity contribution in [1.82, 2.24) is 20.3 Å². The van der Waals surface area contributed by atoms with E-state index in [9.17, 15) is 4.79 Å². The zero-order chi connectivity index (χ0) is 16.1. The first-order valence-electron chi connectivity index (χ1n) is 8.70. The number of carboxylic acids is 1. The Kier molecular flexibility index (Phi) is 5.61. The fraction of sp³-hybridized carbons (Fsp3) is 0.812. The van der Waals surface area contributed by atoms with Crippen molar-refractivity contribution in [1.29, 1.82) is 0 Å². The zero-order valence-electron chi connectivity index (χ0n) is 13.5. The smallest absolute Gasteiger partial charge is 0.358 e. The highest BCUT2D eigenvalue weighted by Gasteiger charge is 2.28. The Bertz CT molecular complexity index is 513. The average molecular weight is 322 g/mol. The summed E-state index contributed by atoms with van der Waals surface area (Å²) in [6.07, 6.45) is 9.59. The van der Waals surface area contributed by atoms with Gasteiger partial charge in [0.25, 0.3) is 0 Å². The summed E-state index contributed by atoms with van der Waals surface area (Å²) in [6, 6.07) is 0.561. The molecular formula is C16H26N4O3. The molecule has 2 fully saturated rings. The molecule has 1 aromatic heterocycles. The molecule has 7 heteroatoms. The van der Waals surface area contributed by atoms with E-state index in [1.165, 1.54) is 25.7 Å². The molecule has 7 nitrogen and oxygen atoms in total. The lowest BCUT2D eigenvalue weighted by Gasteiger charge is -2.32. The molecule has 1 saturated heterocycles. The van der Waals surface area contributed by atoms with Gasteiger partial charge in [0, 0.05) is 19.3 Å². The highest BCUT2D eigenvalue weighted by molar-refractivity contribution is 5.84. The topological polar surface area (TPSA) is 89.3 Å². The number of carboxylic acid groups (broad SMARTS) is 1. The van der Waals surface area contributed by atoms with Gasteiger partial charge < -0.3 is 15.2 Å². The van der Waals surface area contributed by atoms with Gasteiger partial charge in [-0.25, -0.2) is 9.48 Å². The minimum atomic E-state index is -1.02. The Labute approximate surface area is 136 Å². The Hall–Kier alpha value is -1.47. The lowest BCUT2D eigenvalue weighted by Crippen LogP contribution is -2.41. The normalized spacial score (nSPS) is 26.3. The quantitative estimate of drug-likeness (QED) is 0.831.